The lowest BCUT2D eigenvalue weighted by Gasteiger charge is -2.14. The molecule has 1 atom stereocenters. The van der Waals surface area contributed by atoms with Crippen LogP contribution in [0.15, 0.2) is 24.5 Å². The predicted octanol–water partition coefficient (Wildman–Crippen LogP) is 2.55. The van der Waals surface area contributed by atoms with Crippen LogP contribution in [0.25, 0.3) is 0 Å². The van der Waals surface area contributed by atoms with Gasteiger partial charge < -0.3 is 5.73 Å². The van der Waals surface area contributed by atoms with Crippen LogP contribution in [0, 0.1) is 13.8 Å². The summed E-state index contributed by atoms with van der Waals surface area (Å²) in [5.74, 6) is 0.965. The topological polar surface area (TPSA) is 56.7 Å². The summed E-state index contributed by atoms with van der Waals surface area (Å²) in [5.41, 5.74) is 10.0. The number of benzene rings is 1. The Morgan fingerprint density at radius 3 is 2.74 bits per heavy atom. The van der Waals surface area contributed by atoms with Gasteiger partial charge in [-0.05, 0) is 37.0 Å². The monoisotopic (exact) mass is 258 g/mol. The minimum Gasteiger partial charge on any atom is -0.324 e. The Balaban J connectivity index is 2.13. The maximum Gasteiger partial charge on any atom is 0.138 e. The fraction of sp³-hybridized carbons (Fsp3) is 0.467. The first-order chi connectivity index (χ1) is 9.11. The molecule has 4 nitrogen and oxygen atoms in total. The number of hydrogen-bond donors (Lipinski definition) is 1. The van der Waals surface area contributed by atoms with Gasteiger partial charge in [0.15, 0.2) is 0 Å². The molecule has 2 rings (SSSR count). The van der Waals surface area contributed by atoms with Gasteiger partial charge in [-0.25, -0.2) is 4.98 Å². The molecule has 1 heterocycles. The molecule has 2 N–H and O–H groups in total. The molecule has 0 radical (unpaired) electrons. The Bertz CT molecular complexity index is 545. The van der Waals surface area contributed by atoms with Crippen molar-refractivity contribution in [2.75, 3.05) is 0 Å². The third kappa shape index (κ3) is 3.20. The van der Waals surface area contributed by atoms with Crippen LogP contribution in [0.1, 0.15) is 41.9 Å². The van der Waals surface area contributed by atoms with Crippen LogP contribution in [-0.4, -0.2) is 14.8 Å². The van der Waals surface area contributed by atoms with Crippen LogP contribution in [0.4, 0.5) is 0 Å². The molecule has 1 aromatic carbocycles. The molecule has 1 aromatic heterocycles. The summed E-state index contributed by atoms with van der Waals surface area (Å²) in [6.07, 6.45) is 3.38. The highest BCUT2D eigenvalue weighted by atomic mass is 15.3. The lowest BCUT2D eigenvalue weighted by molar-refractivity contribution is 0.548. The van der Waals surface area contributed by atoms with Crippen molar-refractivity contribution < 1.29 is 0 Å². The van der Waals surface area contributed by atoms with Crippen LogP contribution in [0.2, 0.25) is 0 Å². The number of hydrogen-bond acceptors (Lipinski definition) is 3. The average molecular weight is 258 g/mol. The molecule has 0 saturated carbocycles. The van der Waals surface area contributed by atoms with E-state index in [9.17, 15) is 0 Å². The molecule has 1 unspecified atom stereocenters. The summed E-state index contributed by atoms with van der Waals surface area (Å²) < 4.78 is 1.95. The third-order valence-corrected chi connectivity index (χ3v) is 3.49. The quantitative estimate of drug-likeness (QED) is 0.896. The van der Waals surface area contributed by atoms with Crippen molar-refractivity contribution in [2.45, 2.75) is 46.2 Å². The van der Waals surface area contributed by atoms with E-state index in [2.05, 4.69) is 49.1 Å². The third-order valence-electron chi connectivity index (χ3n) is 3.49. The summed E-state index contributed by atoms with van der Waals surface area (Å²) in [5, 5.41) is 4.23. The Morgan fingerprint density at radius 1 is 1.26 bits per heavy atom. The molecule has 19 heavy (non-hydrogen) atoms. The summed E-state index contributed by atoms with van der Waals surface area (Å²) in [4.78, 5) is 4.31. The molecule has 0 aliphatic rings. The standard InChI is InChI=1S/C15H22N4/c1-4-7-19-15(17-10-18-19)9-14(16)13-6-5-11(2)12(3)8-13/h5-6,8,10,14H,4,7,9,16H2,1-3H3. The fourth-order valence-electron chi connectivity index (χ4n) is 2.15. The van der Waals surface area contributed by atoms with Crippen LogP contribution in [0.5, 0.6) is 0 Å². The van der Waals surface area contributed by atoms with E-state index in [1.807, 2.05) is 4.68 Å². The largest absolute Gasteiger partial charge is 0.324 e. The highest BCUT2D eigenvalue weighted by Crippen LogP contribution is 2.18. The highest BCUT2D eigenvalue weighted by molar-refractivity contribution is 5.31. The Labute approximate surface area is 114 Å². The first kappa shape index (κ1) is 13.7. The predicted molar refractivity (Wildman–Crippen MR) is 76.9 cm³/mol. The normalized spacial score (nSPS) is 12.6. The minimum absolute atomic E-state index is 0.0286. The second-order valence-corrected chi connectivity index (χ2v) is 5.05. The van der Waals surface area contributed by atoms with Gasteiger partial charge >= 0.3 is 0 Å². The second kappa shape index (κ2) is 5.97. The number of nitrogens with zero attached hydrogens (tertiary/aromatic N) is 3. The molecule has 2 aromatic rings. The van der Waals surface area contributed by atoms with Gasteiger partial charge in [-0.1, -0.05) is 25.1 Å². The van der Waals surface area contributed by atoms with Crippen LogP contribution in [-0.2, 0) is 13.0 Å². The van der Waals surface area contributed by atoms with Gasteiger partial charge in [-0.15, -0.1) is 0 Å². The van der Waals surface area contributed by atoms with Gasteiger partial charge in [0.25, 0.3) is 0 Å². The SMILES string of the molecule is CCCn1ncnc1CC(N)c1ccc(C)c(C)c1. The van der Waals surface area contributed by atoms with Crippen molar-refractivity contribution in [3.63, 3.8) is 0 Å². The number of rotatable bonds is 5. The van der Waals surface area contributed by atoms with Gasteiger partial charge in [0.2, 0.25) is 0 Å². The van der Waals surface area contributed by atoms with Crippen LogP contribution < -0.4 is 5.73 Å². The molecule has 0 aliphatic carbocycles. The second-order valence-electron chi connectivity index (χ2n) is 5.05. The van der Waals surface area contributed by atoms with E-state index in [0.717, 1.165) is 30.8 Å². The first-order valence-electron chi connectivity index (χ1n) is 6.81. The zero-order valence-electron chi connectivity index (χ0n) is 11.9. The van der Waals surface area contributed by atoms with Gasteiger partial charge in [0.1, 0.15) is 12.2 Å². The Morgan fingerprint density at radius 2 is 2.05 bits per heavy atom. The van der Waals surface area contributed by atoms with Crippen molar-refractivity contribution in [2.24, 2.45) is 5.73 Å². The van der Waals surface area contributed by atoms with Crippen molar-refractivity contribution >= 4 is 0 Å². The fourth-order valence-corrected chi connectivity index (χ4v) is 2.15. The average Bonchev–Trinajstić information content (AvgIpc) is 2.80. The van der Waals surface area contributed by atoms with E-state index in [4.69, 9.17) is 5.73 Å². The van der Waals surface area contributed by atoms with E-state index in [0.29, 0.717) is 0 Å². The van der Waals surface area contributed by atoms with Crippen molar-refractivity contribution in [1.29, 1.82) is 0 Å². The molecular weight excluding hydrogens is 236 g/mol. The lowest BCUT2D eigenvalue weighted by Crippen LogP contribution is -2.17. The lowest BCUT2D eigenvalue weighted by atomic mass is 9.99. The van der Waals surface area contributed by atoms with E-state index >= 15 is 0 Å². The van der Waals surface area contributed by atoms with Gasteiger partial charge in [0, 0.05) is 19.0 Å². The van der Waals surface area contributed by atoms with E-state index < -0.39 is 0 Å². The Kier molecular flexibility index (Phi) is 4.32. The van der Waals surface area contributed by atoms with Crippen molar-refractivity contribution in [3.05, 3.63) is 47.0 Å². The number of aromatic nitrogens is 3. The molecule has 0 aliphatic heterocycles. The molecule has 0 spiro atoms. The molecule has 4 heteroatoms. The molecule has 0 amide bonds. The maximum absolute atomic E-state index is 6.29. The summed E-state index contributed by atoms with van der Waals surface area (Å²) in [7, 11) is 0. The molecule has 0 fully saturated rings. The van der Waals surface area contributed by atoms with Crippen molar-refractivity contribution in [3.8, 4) is 0 Å². The molecule has 0 saturated heterocycles. The van der Waals surface area contributed by atoms with Gasteiger partial charge in [-0.3, -0.25) is 4.68 Å². The van der Waals surface area contributed by atoms with Crippen molar-refractivity contribution in [1.82, 2.24) is 14.8 Å². The van der Waals surface area contributed by atoms with Gasteiger partial charge in [-0.2, -0.15) is 5.10 Å². The molecule has 102 valence electrons. The van der Waals surface area contributed by atoms with Crippen LogP contribution >= 0.6 is 0 Å². The molecular formula is C15H22N4. The highest BCUT2D eigenvalue weighted by Gasteiger charge is 2.12. The molecule has 0 bridgehead atoms. The summed E-state index contributed by atoms with van der Waals surface area (Å²) >= 11 is 0. The van der Waals surface area contributed by atoms with E-state index in [1.54, 1.807) is 6.33 Å². The first-order valence-corrected chi connectivity index (χ1v) is 6.81. The summed E-state index contributed by atoms with van der Waals surface area (Å²) in [6.45, 7) is 7.26. The zero-order valence-corrected chi connectivity index (χ0v) is 11.9. The Hall–Kier alpha value is -1.68. The van der Waals surface area contributed by atoms with Crippen LogP contribution in [0.3, 0.4) is 0 Å². The smallest absolute Gasteiger partial charge is 0.138 e. The van der Waals surface area contributed by atoms with Gasteiger partial charge in [0.05, 0.1) is 0 Å². The van der Waals surface area contributed by atoms with E-state index in [1.165, 1.54) is 11.1 Å². The maximum atomic E-state index is 6.29. The summed E-state index contributed by atoms with van der Waals surface area (Å²) in [6, 6.07) is 6.37. The minimum atomic E-state index is -0.0286. The zero-order chi connectivity index (χ0) is 13.8. The number of aryl methyl sites for hydroxylation is 3. The van der Waals surface area contributed by atoms with E-state index in [-0.39, 0.29) is 6.04 Å². The number of nitrogens with two attached hydrogens (primary N) is 1.